The van der Waals surface area contributed by atoms with Gasteiger partial charge < -0.3 is 19.6 Å². The lowest BCUT2D eigenvalue weighted by atomic mass is 9.71. The van der Waals surface area contributed by atoms with Crippen molar-refractivity contribution in [1.29, 1.82) is 0 Å². The third kappa shape index (κ3) is 3.16. The number of hydrogen-bond donors (Lipinski definition) is 1. The van der Waals surface area contributed by atoms with Crippen LogP contribution < -0.4 is 4.90 Å². The van der Waals surface area contributed by atoms with E-state index in [0.717, 1.165) is 45.0 Å². The normalized spacial score (nSPS) is 23.5. The Morgan fingerprint density at radius 1 is 1.39 bits per heavy atom. The third-order valence-electron chi connectivity index (χ3n) is 5.25. The van der Waals surface area contributed by atoms with Gasteiger partial charge in [0.15, 0.2) is 0 Å². The molecule has 23 heavy (non-hydrogen) atoms. The summed E-state index contributed by atoms with van der Waals surface area (Å²) in [6.45, 7) is 3.36. The van der Waals surface area contributed by atoms with Crippen molar-refractivity contribution >= 4 is 11.9 Å². The second kappa shape index (κ2) is 6.80. The highest BCUT2D eigenvalue weighted by atomic mass is 16.5. The summed E-state index contributed by atoms with van der Waals surface area (Å²) in [5.74, 6) is 0.968. The standard InChI is InChI=1S/C16H24N4O3/c1-23-11-14(22)19-7-3-16(4-8-19)12-20(9-13(16)10-21)15-17-5-2-6-18-15/h2,5-6,13,21H,3-4,7-12H2,1H3. The molecule has 1 aromatic rings. The Hall–Kier alpha value is -1.73. The van der Waals surface area contributed by atoms with Gasteiger partial charge in [-0.05, 0) is 24.3 Å². The Balaban J connectivity index is 1.68. The first-order valence-corrected chi connectivity index (χ1v) is 8.08. The first-order valence-electron chi connectivity index (χ1n) is 8.08. The number of aromatic nitrogens is 2. The highest BCUT2D eigenvalue weighted by molar-refractivity contribution is 5.77. The predicted octanol–water partition coefficient (Wildman–Crippen LogP) is 0.160. The molecule has 2 aliphatic heterocycles. The monoisotopic (exact) mass is 320 g/mol. The first-order chi connectivity index (χ1) is 11.2. The molecular weight excluding hydrogens is 296 g/mol. The zero-order valence-corrected chi connectivity index (χ0v) is 13.5. The largest absolute Gasteiger partial charge is 0.396 e. The van der Waals surface area contributed by atoms with Crippen molar-refractivity contribution in [3.05, 3.63) is 18.5 Å². The smallest absolute Gasteiger partial charge is 0.248 e. The van der Waals surface area contributed by atoms with Gasteiger partial charge in [-0.15, -0.1) is 0 Å². The minimum absolute atomic E-state index is 0.0395. The van der Waals surface area contributed by atoms with Crippen LogP contribution in [0, 0.1) is 11.3 Å². The third-order valence-corrected chi connectivity index (χ3v) is 5.25. The summed E-state index contributed by atoms with van der Waals surface area (Å²) in [4.78, 5) is 24.6. The molecule has 1 N–H and O–H groups in total. The summed E-state index contributed by atoms with van der Waals surface area (Å²) in [6, 6.07) is 1.80. The van der Waals surface area contributed by atoms with Gasteiger partial charge >= 0.3 is 0 Å². The number of ether oxygens (including phenoxy) is 1. The molecule has 1 unspecified atom stereocenters. The number of methoxy groups -OCH3 is 1. The number of piperidine rings is 1. The molecule has 2 fully saturated rings. The number of hydrogen-bond acceptors (Lipinski definition) is 6. The van der Waals surface area contributed by atoms with Gasteiger partial charge in [-0.3, -0.25) is 4.79 Å². The van der Waals surface area contributed by atoms with Crippen molar-refractivity contribution in [2.45, 2.75) is 12.8 Å². The maximum absolute atomic E-state index is 12.0. The molecule has 2 saturated heterocycles. The molecule has 0 aromatic carbocycles. The highest BCUT2D eigenvalue weighted by Crippen LogP contribution is 2.45. The summed E-state index contributed by atoms with van der Waals surface area (Å²) < 4.78 is 4.94. The Labute approximate surface area is 136 Å². The van der Waals surface area contributed by atoms with E-state index in [2.05, 4.69) is 14.9 Å². The summed E-state index contributed by atoms with van der Waals surface area (Å²) in [5.41, 5.74) is 0.0395. The second-order valence-electron chi connectivity index (χ2n) is 6.48. The molecule has 1 aromatic heterocycles. The number of carbonyl (C=O) groups is 1. The molecule has 0 saturated carbocycles. The summed E-state index contributed by atoms with van der Waals surface area (Å²) in [6.07, 6.45) is 5.29. The van der Waals surface area contributed by atoms with Gasteiger partial charge in [0, 0.05) is 58.2 Å². The zero-order valence-electron chi connectivity index (χ0n) is 13.5. The Morgan fingerprint density at radius 2 is 2.09 bits per heavy atom. The molecule has 1 spiro atoms. The quantitative estimate of drug-likeness (QED) is 0.851. The van der Waals surface area contributed by atoms with E-state index >= 15 is 0 Å². The van der Waals surface area contributed by atoms with Crippen LogP contribution in [0.3, 0.4) is 0 Å². The van der Waals surface area contributed by atoms with Gasteiger partial charge in [-0.2, -0.15) is 0 Å². The van der Waals surface area contributed by atoms with Crippen LogP contribution >= 0.6 is 0 Å². The van der Waals surface area contributed by atoms with Crippen molar-refractivity contribution in [3.8, 4) is 0 Å². The van der Waals surface area contributed by atoms with E-state index in [1.807, 2.05) is 4.90 Å². The number of anilines is 1. The zero-order chi connectivity index (χ0) is 16.3. The lowest BCUT2D eigenvalue weighted by molar-refractivity contribution is -0.137. The van der Waals surface area contributed by atoms with E-state index in [-0.39, 0.29) is 30.5 Å². The van der Waals surface area contributed by atoms with Gasteiger partial charge in [-0.1, -0.05) is 0 Å². The van der Waals surface area contributed by atoms with Gasteiger partial charge in [0.1, 0.15) is 6.61 Å². The lowest BCUT2D eigenvalue weighted by Gasteiger charge is -2.42. The van der Waals surface area contributed by atoms with Crippen LogP contribution in [0.15, 0.2) is 18.5 Å². The molecule has 126 valence electrons. The molecular formula is C16H24N4O3. The van der Waals surface area contributed by atoms with Crippen LogP contribution in [-0.2, 0) is 9.53 Å². The minimum Gasteiger partial charge on any atom is -0.396 e. The number of nitrogens with zero attached hydrogens (tertiary/aromatic N) is 4. The Bertz CT molecular complexity index is 531. The molecule has 0 bridgehead atoms. The maximum atomic E-state index is 12.0. The van der Waals surface area contributed by atoms with E-state index in [9.17, 15) is 9.90 Å². The van der Waals surface area contributed by atoms with Crippen LogP contribution in [0.25, 0.3) is 0 Å². The molecule has 3 heterocycles. The number of rotatable bonds is 4. The van der Waals surface area contributed by atoms with E-state index in [4.69, 9.17) is 4.74 Å². The molecule has 7 heteroatoms. The fourth-order valence-electron chi connectivity index (χ4n) is 3.87. The van der Waals surface area contributed by atoms with Crippen LogP contribution in [0.2, 0.25) is 0 Å². The fourth-order valence-corrected chi connectivity index (χ4v) is 3.87. The summed E-state index contributed by atoms with van der Waals surface area (Å²) in [7, 11) is 1.54. The summed E-state index contributed by atoms with van der Waals surface area (Å²) in [5, 5.41) is 9.84. The number of aliphatic hydroxyl groups excluding tert-OH is 1. The molecule has 1 amide bonds. The molecule has 0 radical (unpaired) electrons. The number of amides is 1. The van der Waals surface area contributed by atoms with Gasteiger partial charge in [0.05, 0.1) is 0 Å². The molecule has 2 aliphatic rings. The SMILES string of the molecule is COCC(=O)N1CCC2(CC1)CN(c1ncccn1)CC2CO. The number of aliphatic hydroxyl groups is 1. The van der Waals surface area contributed by atoms with Crippen LogP contribution in [0.5, 0.6) is 0 Å². The fraction of sp³-hybridized carbons (Fsp3) is 0.688. The maximum Gasteiger partial charge on any atom is 0.248 e. The highest BCUT2D eigenvalue weighted by Gasteiger charge is 2.48. The lowest BCUT2D eigenvalue weighted by Crippen LogP contribution is -2.48. The van der Waals surface area contributed by atoms with E-state index < -0.39 is 0 Å². The topological polar surface area (TPSA) is 78.8 Å². The van der Waals surface area contributed by atoms with Gasteiger partial charge in [-0.25, -0.2) is 9.97 Å². The average Bonchev–Trinajstić information content (AvgIpc) is 2.95. The molecule has 7 nitrogen and oxygen atoms in total. The van der Waals surface area contributed by atoms with Crippen molar-refractivity contribution in [2.24, 2.45) is 11.3 Å². The molecule has 0 aliphatic carbocycles. The van der Waals surface area contributed by atoms with Gasteiger partial charge in [0.25, 0.3) is 0 Å². The van der Waals surface area contributed by atoms with Gasteiger partial charge in [0.2, 0.25) is 11.9 Å². The predicted molar refractivity (Wildman–Crippen MR) is 84.9 cm³/mol. The van der Waals surface area contributed by atoms with E-state index in [1.165, 1.54) is 0 Å². The Morgan fingerprint density at radius 3 is 2.70 bits per heavy atom. The van der Waals surface area contributed by atoms with E-state index in [1.54, 1.807) is 25.6 Å². The molecule has 1 atom stereocenters. The summed E-state index contributed by atoms with van der Waals surface area (Å²) >= 11 is 0. The van der Waals surface area contributed by atoms with E-state index in [0.29, 0.717) is 0 Å². The minimum atomic E-state index is 0.0395. The number of likely N-dealkylation sites (tertiary alicyclic amines) is 1. The number of carbonyl (C=O) groups excluding carboxylic acids is 1. The van der Waals surface area contributed by atoms with Crippen molar-refractivity contribution in [2.75, 3.05) is 51.4 Å². The van der Waals surface area contributed by atoms with Crippen molar-refractivity contribution < 1.29 is 14.6 Å². The van der Waals surface area contributed by atoms with Crippen LogP contribution in [0.1, 0.15) is 12.8 Å². The van der Waals surface area contributed by atoms with Crippen molar-refractivity contribution in [3.63, 3.8) is 0 Å². The molecule has 3 rings (SSSR count). The Kier molecular flexibility index (Phi) is 4.77. The van der Waals surface area contributed by atoms with Crippen molar-refractivity contribution in [1.82, 2.24) is 14.9 Å². The first kappa shape index (κ1) is 16.1. The van der Waals surface area contributed by atoms with Crippen LogP contribution in [-0.4, -0.2) is 72.4 Å². The van der Waals surface area contributed by atoms with Crippen LogP contribution in [0.4, 0.5) is 5.95 Å². The average molecular weight is 320 g/mol. The second-order valence-corrected chi connectivity index (χ2v) is 6.48.